The summed E-state index contributed by atoms with van der Waals surface area (Å²) in [5.41, 5.74) is 2.87. The van der Waals surface area contributed by atoms with Gasteiger partial charge in [-0.3, -0.25) is 14.4 Å². The molecule has 160 valence electrons. The zero-order chi connectivity index (χ0) is 21.6. The minimum atomic E-state index is -0.527. The van der Waals surface area contributed by atoms with Crippen LogP contribution < -0.4 is 15.5 Å². The van der Waals surface area contributed by atoms with Gasteiger partial charge in [0.15, 0.2) is 0 Å². The first-order valence-electron chi connectivity index (χ1n) is 10.8. The standard InChI is InChI=1S/C24H26N4O3/c1-16-6-2-5-9-20(16)28-15-17(14-21(28)29)23(31)27-12-10-24(11-13-27)25-19-8-4-3-7-18(19)22(30)26-24/h2-9,17,25H,10-15H2,1H3,(H,26,30)/t17-/m0/s1. The van der Waals surface area contributed by atoms with E-state index in [9.17, 15) is 14.4 Å². The van der Waals surface area contributed by atoms with Crippen LogP contribution in [0.4, 0.5) is 11.4 Å². The highest BCUT2D eigenvalue weighted by Crippen LogP contribution is 2.33. The number of nitrogens with zero attached hydrogens (tertiary/aromatic N) is 2. The summed E-state index contributed by atoms with van der Waals surface area (Å²) < 4.78 is 0. The third-order valence-corrected chi connectivity index (χ3v) is 6.71. The van der Waals surface area contributed by atoms with Crippen LogP contribution in [0.5, 0.6) is 0 Å². The number of carbonyl (C=O) groups is 3. The molecule has 1 spiro atoms. The third-order valence-electron chi connectivity index (χ3n) is 6.71. The monoisotopic (exact) mass is 418 g/mol. The molecule has 2 fully saturated rings. The van der Waals surface area contributed by atoms with E-state index in [2.05, 4.69) is 10.6 Å². The van der Waals surface area contributed by atoms with E-state index in [1.54, 1.807) is 11.0 Å². The van der Waals surface area contributed by atoms with Gasteiger partial charge in [-0.1, -0.05) is 30.3 Å². The van der Waals surface area contributed by atoms with Gasteiger partial charge in [0.2, 0.25) is 11.8 Å². The molecule has 7 heteroatoms. The molecule has 0 aromatic heterocycles. The molecule has 2 aromatic rings. The summed E-state index contributed by atoms with van der Waals surface area (Å²) in [5.74, 6) is -0.374. The summed E-state index contributed by atoms with van der Waals surface area (Å²) in [6.07, 6.45) is 1.50. The lowest BCUT2D eigenvalue weighted by molar-refractivity contribution is -0.137. The number of nitrogens with one attached hydrogen (secondary N) is 2. The molecule has 3 amide bonds. The molecular weight excluding hydrogens is 392 g/mol. The average molecular weight is 418 g/mol. The Bertz CT molecular complexity index is 1060. The van der Waals surface area contributed by atoms with Crippen molar-refractivity contribution in [2.75, 3.05) is 29.9 Å². The molecule has 0 aliphatic carbocycles. The predicted octanol–water partition coefficient (Wildman–Crippen LogP) is 2.52. The maximum Gasteiger partial charge on any atom is 0.255 e. The maximum atomic E-state index is 13.2. The fraction of sp³-hybridized carbons (Fsp3) is 0.375. The molecule has 3 aliphatic rings. The Morgan fingerprint density at radius 2 is 1.71 bits per heavy atom. The lowest BCUT2D eigenvalue weighted by Crippen LogP contribution is -2.63. The van der Waals surface area contributed by atoms with E-state index in [0.29, 0.717) is 38.0 Å². The van der Waals surface area contributed by atoms with Crippen molar-refractivity contribution in [3.8, 4) is 0 Å². The molecule has 31 heavy (non-hydrogen) atoms. The number of aryl methyl sites for hydroxylation is 1. The largest absolute Gasteiger partial charge is 0.362 e. The first-order chi connectivity index (χ1) is 15.0. The number of anilines is 2. The van der Waals surface area contributed by atoms with Crippen LogP contribution in [0, 0.1) is 12.8 Å². The molecule has 3 heterocycles. The number of carbonyl (C=O) groups excluding carboxylic acids is 3. The molecule has 2 saturated heterocycles. The summed E-state index contributed by atoms with van der Waals surface area (Å²) >= 11 is 0. The second kappa shape index (κ2) is 7.41. The van der Waals surface area contributed by atoms with Crippen molar-refractivity contribution in [1.82, 2.24) is 10.2 Å². The minimum Gasteiger partial charge on any atom is -0.362 e. The van der Waals surface area contributed by atoms with Crippen LogP contribution in [0.15, 0.2) is 48.5 Å². The number of hydrogen-bond donors (Lipinski definition) is 2. The van der Waals surface area contributed by atoms with Crippen LogP contribution in [0.1, 0.15) is 35.2 Å². The van der Waals surface area contributed by atoms with Crippen molar-refractivity contribution in [3.05, 3.63) is 59.7 Å². The van der Waals surface area contributed by atoms with Gasteiger partial charge in [0.25, 0.3) is 5.91 Å². The number of para-hydroxylation sites is 2. The molecule has 0 radical (unpaired) electrons. The number of fused-ring (bicyclic) bond motifs is 1. The Morgan fingerprint density at radius 3 is 2.48 bits per heavy atom. The third kappa shape index (κ3) is 3.44. The topological polar surface area (TPSA) is 81.8 Å². The van der Waals surface area contributed by atoms with Crippen LogP contribution in [-0.4, -0.2) is 47.9 Å². The van der Waals surface area contributed by atoms with Crippen molar-refractivity contribution >= 4 is 29.1 Å². The minimum absolute atomic E-state index is 0.000975. The van der Waals surface area contributed by atoms with E-state index in [1.165, 1.54) is 0 Å². The molecule has 7 nitrogen and oxygen atoms in total. The van der Waals surface area contributed by atoms with E-state index in [4.69, 9.17) is 0 Å². The lowest BCUT2D eigenvalue weighted by atomic mass is 9.91. The molecule has 5 rings (SSSR count). The Kier molecular flexibility index (Phi) is 4.68. The van der Waals surface area contributed by atoms with Gasteiger partial charge in [0.1, 0.15) is 5.66 Å². The summed E-state index contributed by atoms with van der Waals surface area (Å²) in [5, 5.41) is 6.59. The van der Waals surface area contributed by atoms with Gasteiger partial charge < -0.3 is 20.4 Å². The Hall–Kier alpha value is -3.35. The van der Waals surface area contributed by atoms with Crippen molar-refractivity contribution in [1.29, 1.82) is 0 Å². The Labute approximate surface area is 181 Å². The van der Waals surface area contributed by atoms with Crippen molar-refractivity contribution in [2.45, 2.75) is 31.8 Å². The van der Waals surface area contributed by atoms with Crippen molar-refractivity contribution in [3.63, 3.8) is 0 Å². The fourth-order valence-electron chi connectivity index (χ4n) is 4.95. The normalized spacial score (nSPS) is 22.2. The number of benzene rings is 2. The van der Waals surface area contributed by atoms with Crippen LogP contribution in [0.2, 0.25) is 0 Å². The van der Waals surface area contributed by atoms with E-state index >= 15 is 0 Å². The van der Waals surface area contributed by atoms with E-state index in [0.717, 1.165) is 16.9 Å². The Balaban J connectivity index is 1.25. The number of rotatable bonds is 2. The predicted molar refractivity (Wildman–Crippen MR) is 118 cm³/mol. The van der Waals surface area contributed by atoms with Gasteiger partial charge in [-0.15, -0.1) is 0 Å². The van der Waals surface area contributed by atoms with Gasteiger partial charge in [-0.05, 0) is 30.7 Å². The van der Waals surface area contributed by atoms with Crippen LogP contribution in [0.3, 0.4) is 0 Å². The molecular formula is C24H26N4O3. The highest BCUT2D eigenvalue weighted by atomic mass is 16.2. The van der Waals surface area contributed by atoms with E-state index < -0.39 is 5.66 Å². The maximum absolute atomic E-state index is 13.2. The fourth-order valence-corrected chi connectivity index (χ4v) is 4.95. The highest BCUT2D eigenvalue weighted by molar-refractivity contribution is 6.02. The number of piperidine rings is 1. The van der Waals surface area contributed by atoms with E-state index in [1.807, 2.05) is 54.3 Å². The second-order valence-electron chi connectivity index (χ2n) is 8.72. The average Bonchev–Trinajstić information content (AvgIpc) is 3.15. The van der Waals surface area contributed by atoms with Gasteiger partial charge in [-0.25, -0.2) is 0 Å². The SMILES string of the molecule is Cc1ccccc1N1C[C@@H](C(=O)N2CCC3(CC2)NC(=O)c2ccccc2N3)CC1=O. The van der Waals surface area contributed by atoms with Crippen LogP contribution in [0.25, 0.3) is 0 Å². The summed E-state index contributed by atoms with van der Waals surface area (Å²) in [6, 6.07) is 15.3. The lowest BCUT2D eigenvalue weighted by Gasteiger charge is -2.46. The summed E-state index contributed by atoms with van der Waals surface area (Å²) in [7, 11) is 0. The van der Waals surface area contributed by atoms with Gasteiger partial charge in [0.05, 0.1) is 11.5 Å². The molecule has 3 aliphatic heterocycles. The molecule has 2 aromatic carbocycles. The van der Waals surface area contributed by atoms with Gasteiger partial charge in [0, 0.05) is 50.3 Å². The highest BCUT2D eigenvalue weighted by Gasteiger charge is 2.43. The van der Waals surface area contributed by atoms with Gasteiger partial charge in [-0.2, -0.15) is 0 Å². The summed E-state index contributed by atoms with van der Waals surface area (Å²) in [4.78, 5) is 41.9. The van der Waals surface area contributed by atoms with E-state index in [-0.39, 0.29) is 30.1 Å². The van der Waals surface area contributed by atoms with Gasteiger partial charge >= 0.3 is 0 Å². The number of amides is 3. The first-order valence-corrected chi connectivity index (χ1v) is 10.8. The molecule has 0 bridgehead atoms. The van der Waals surface area contributed by atoms with Crippen LogP contribution >= 0.6 is 0 Å². The van der Waals surface area contributed by atoms with Crippen molar-refractivity contribution in [2.24, 2.45) is 5.92 Å². The zero-order valence-electron chi connectivity index (χ0n) is 17.6. The molecule has 0 saturated carbocycles. The molecule has 1 atom stereocenters. The number of likely N-dealkylation sites (tertiary alicyclic amines) is 1. The molecule has 2 N–H and O–H groups in total. The second-order valence-corrected chi connectivity index (χ2v) is 8.72. The molecule has 0 unspecified atom stereocenters. The van der Waals surface area contributed by atoms with Crippen molar-refractivity contribution < 1.29 is 14.4 Å². The summed E-state index contributed by atoms with van der Waals surface area (Å²) in [6.45, 7) is 3.49. The zero-order valence-corrected chi connectivity index (χ0v) is 17.6. The Morgan fingerprint density at radius 1 is 1.00 bits per heavy atom. The van der Waals surface area contributed by atoms with Crippen LogP contribution in [-0.2, 0) is 9.59 Å². The first kappa shape index (κ1) is 19.6. The number of hydrogen-bond acceptors (Lipinski definition) is 4. The quantitative estimate of drug-likeness (QED) is 0.785. The smallest absolute Gasteiger partial charge is 0.255 e.